The second-order valence-electron chi connectivity index (χ2n) is 5.60. The minimum absolute atomic E-state index is 0.0565. The van der Waals surface area contributed by atoms with Crippen LogP contribution in [0.2, 0.25) is 0 Å². The van der Waals surface area contributed by atoms with Crippen molar-refractivity contribution in [3.63, 3.8) is 0 Å². The fourth-order valence-corrected chi connectivity index (χ4v) is 2.36. The van der Waals surface area contributed by atoms with Crippen LogP contribution < -0.4 is 5.32 Å². The first-order valence-corrected chi connectivity index (χ1v) is 7.29. The molecule has 0 bridgehead atoms. The van der Waals surface area contributed by atoms with E-state index in [9.17, 15) is 9.59 Å². The first kappa shape index (κ1) is 16.8. The van der Waals surface area contributed by atoms with Crippen molar-refractivity contribution < 1.29 is 19.4 Å². The summed E-state index contributed by atoms with van der Waals surface area (Å²) in [6.45, 7) is 7.73. The molecule has 6 heteroatoms. The molecule has 2 N–H and O–H groups in total. The first-order valence-electron chi connectivity index (χ1n) is 7.29. The highest BCUT2D eigenvalue weighted by Crippen LogP contribution is 2.19. The third-order valence-corrected chi connectivity index (χ3v) is 3.72. The number of aliphatic carboxylic acids is 1. The summed E-state index contributed by atoms with van der Waals surface area (Å²) in [5.74, 6) is -0.460. The lowest BCUT2D eigenvalue weighted by Gasteiger charge is -2.27. The highest BCUT2D eigenvalue weighted by Gasteiger charge is 2.25. The van der Waals surface area contributed by atoms with Crippen LogP contribution in [0.15, 0.2) is 0 Å². The van der Waals surface area contributed by atoms with E-state index in [4.69, 9.17) is 9.84 Å². The van der Waals surface area contributed by atoms with E-state index in [0.717, 1.165) is 13.0 Å². The molecule has 0 aromatic heterocycles. The van der Waals surface area contributed by atoms with Crippen LogP contribution in [0.1, 0.15) is 40.0 Å². The van der Waals surface area contributed by atoms with E-state index in [1.165, 1.54) is 0 Å². The number of hydrogen-bond donors (Lipinski definition) is 2. The molecule has 1 heterocycles. The number of hydrogen-bond acceptors (Lipinski definition) is 3. The van der Waals surface area contributed by atoms with Gasteiger partial charge in [0, 0.05) is 38.1 Å². The molecule has 2 atom stereocenters. The Hall–Kier alpha value is -1.30. The summed E-state index contributed by atoms with van der Waals surface area (Å²) in [5.41, 5.74) is 0. The van der Waals surface area contributed by atoms with Gasteiger partial charge in [0.15, 0.2) is 0 Å². The molecule has 2 amide bonds. The maximum Gasteiger partial charge on any atom is 0.317 e. The van der Waals surface area contributed by atoms with Crippen molar-refractivity contribution in [1.29, 1.82) is 0 Å². The third kappa shape index (κ3) is 5.36. The lowest BCUT2D eigenvalue weighted by atomic mass is 10.0. The highest BCUT2D eigenvalue weighted by molar-refractivity contribution is 5.74. The van der Waals surface area contributed by atoms with Gasteiger partial charge in [0.25, 0.3) is 0 Å². The van der Waals surface area contributed by atoms with Crippen molar-refractivity contribution in [2.24, 2.45) is 5.92 Å². The molecule has 0 radical (unpaired) electrons. The van der Waals surface area contributed by atoms with Crippen LogP contribution in [0.25, 0.3) is 0 Å². The summed E-state index contributed by atoms with van der Waals surface area (Å²) < 4.78 is 5.47. The second kappa shape index (κ2) is 8.09. The average molecular weight is 286 g/mol. The van der Waals surface area contributed by atoms with Gasteiger partial charge in [-0.15, -0.1) is 0 Å². The summed E-state index contributed by atoms with van der Waals surface area (Å²) in [7, 11) is 0. The quantitative estimate of drug-likeness (QED) is 0.746. The van der Waals surface area contributed by atoms with Gasteiger partial charge < -0.3 is 20.1 Å². The van der Waals surface area contributed by atoms with E-state index in [2.05, 4.69) is 5.32 Å². The van der Waals surface area contributed by atoms with E-state index in [-0.39, 0.29) is 24.6 Å². The Labute approximate surface area is 120 Å². The molecule has 6 nitrogen and oxygen atoms in total. The van der Waals surface area contributed by atoms with Crippen LogP contribution in [0.3, 0.4) is 0 Å². The molecular formula is C14H26N2O4. The van der Waals surface area contributed by atoms with Gasteiger partial charge in [-0.05, 0) is 33.6 Å². The fourth-order valence-electron chi connectivity index (χ4n) is 2.36. The van der Waals surface area contributed by atoms with Gasteiger partial charge in [0.2, 0.25) is 0 Å². The van der Waals surface area contributed by atoms with Gasteiger partial charge in [0.05, 0.1) is 6.10 Å². The molecule has 0 aliphatic carbocycles. The average Bonchev–Trinajstić information content (AvgIpc) is 2.76. The molecule has 2 unspecified atom stereocenters. The number of ether oxygens (including phenoxy) is 1. The van der Waals surface area contributed by atoms with Gasteiger partial charge in [-0.3, -0.25) is 4.79 Å². The molecule has 1 aliphatic rings. The lowest BCUT2D eigenvalue weighted by Crippen LogP contribution is -2.46. The molecule has 1 saturated heterocycles. The summed E-state index contributed by atoms with van der Waals surface area (Å²) in [6, 6.07) is -0.0643. The summed E-state index contributed by atoms with van der Waals surface area (Å²) >= 11 is 0. The molecular weight excluding hydrogens is 260 g/mol. The van der Waals surface area contributed by atoms with E-state index in [1.807, 2.05) is 20.8 Å². The number of carboxylic acid groups (broad SMARTS) is 1. The predicted octanol–water partition coefficient (Wildman–Crippen LogP) is 1.70. The normalized spacial score (nSPS) is 22.0. The van der Waals surface area contributed by atoms with Crippen LogP contribution in [-0.4, -0.2) is 53.8 Å². The molecule has 116 valence electrons. The van der Waals surface area contributed by atoms with E-state index in [1.54, 1.807) is 4.90 Å². The Kier molecular flexibility index (Phi) is 6.78. The number of carbonyl (C=O) groups is 2. The van der Waals surface area contributed by atoms with Crippen LogP contribution >= 0.6 is 0 Å². The van der Waals surface area contributed by atoms with Gasteiger partial charge >= 0.3 is 12.0 Å². The molecule has 1 aliphatic heterocycles. The van der Waals surface area contributed by atoms with Gasteiger partial charge in [-0.1, -0.05) is 0 Å². The lowest BCUT2D eigenvalue weighted by molar-refractivity contribution is -0.137. The molecule has 0 aromatic rings. The molecule has 0 saturated carbocycles. The standard InChI is InChI=1S/C14H26N2O4/c1-10(2)16(7-4-5-13(17)18)14(19)15-9-12-6-8-20-11(12)3/h10-12H,4-9H2,1-3H3,(H,15,19)(H,17,18). The summed E-state index contributed by atoms with van der Waals surface area (Å²) in [5, 5.41) is 11.6. The first-order chi connectivity index (χ1) is 9.41. The zero-order chi connectivity index (χ0) is 15.1. The van der Waals surface area contributed by atoms with Crippen molar-refractivity contribution >= 4 is 12.0 Å². The van der Waals surface area contributed by atoms with Gasteiger partial charge in [-0.25, -0.2) is 4.79 Å². The number of carboxylic acids is 1. The summed E-state index contributed by atoms with van der Waals surface area (Å²) in [4.78, 5) is 24.4. The van der Waals surface area contributed by atoms with E-state index < -0.39 is 5.97 Å². The minimum Gasteiger partial charge on any atom is -0.481 e. The van der Waals surface area contributed by atoms with Crippen molar-refractivity contribution in [3.05, 3.63) is 0 Å². The minimum atomic E-state index is -0.828. The molecule has 1 fully saturated rings. The number of rotatable bonds is 7. The van der Waals surface area contributed by atoms with Gasteiger partial charge in [-0.2, -0.15) is 0 Å². The Morgan fingerprint density at radius 2 is 2.15 bits per heavy atom. The van der Waals surface area contributed by atoms with Crippen LogP contribution in [0.5, 0.6) is 0 Å². The number of amides is 2. The van der Waals surface area contributed by atoms with Crippen molar-refractivity contribution in [2.45, 2.75) is 52.2 Å². The Morgan fingerprint density at radius 3 is 2.65 bits per heavy atom. The number of urea groups is 1. The topological polar surface area (TPSA) is 78.9 Å². The van der Waals surface area contributed by atoms with Gasteiger partial charge in [0.1, 0.15) is 0 Å². The maximum absolute atomic E-state index is 12.2. The largest absolute Gasteiger partial charge is 0.481 e. The zero-order valence-corrected chi connectivity index (χ0v) is 12.6. The molecule has 0 aromatic carbocycles. The SMILES string of the molecule is CC1OCCC1CNC(=O)N(CCCC(=O)O)C(C)C. The third-order valence-electron chi connectivity index (χ3n) is 3.72. The Balaban J connectivity index is 2.37. The highest BCUT2D eigenvalue weighted by atomic mass is 16.5. The maximum atomic E-state index is 12.2. The Morgan fingerprint density at radius 1 is 1.45 bits per heavy atom. The summed E-state index contributed by atoms with van der Waals surface area (Å²) in [6.07, 6.45) is 1.73. The smallest absolute Gasteiger partial charge is 0.317 e. The molecule has 0 spiro atoms. The Bertz CT molecular complexity index is 333. The predicted molar refractivity (Wildman–Crippen MR) is 75.6 cm³/mol. The second-order valence-corrected chi connectivity index (χ2v) is 5.60. The number of nitrogens with one attached hydrogen (secondary N) is 1. The van der Waals surface area contributed by atoms with Crippen LogP contribution in [-0.2, 0) is 9.53 Å². The van der Waals surface area contributed by atoms with Crippen molar-refractivity contribution in [1.82, 2.24) is 10.2 Å². The fraction of sp³-hybridized carbons (Fsp3) is 0.857. The van der Waals surface area contributed by atoms with Crippen LogP contribution in [0, 0.1) is 5.92 Å². The number of carbonyl (C=O) groups excluding carboxylic acids is 1. The monoisotopic (exact) mass is 286 g/mol. The molecule has 1 rings (SSSR count). The zero-order valence-electron chi connectivity index (χ0n) is 12.6. The van der Waals surface area contributed by atoms with Crippen LogP contribution in [0.4, 0.5) is 4.79 Å². The van der Waals surface area contributed by atoms with Crippen molar-refractivity contribution in [2.75, 3.05) is 19.7 Å². The van der Waals surface area contributed by atoms with Crippen molar-refractivity contribution in [3.8, 4) is 0 Å². The molecule has 20 heavy (non-hydrogen) atoms. The number of nitrogens with zero attached hydrogens (tertiary/aromatic N) is 1. The van der Waals surface area contributed by atoms with E-state index >= 15 is 0 Å². The van der Waals surface area contributed by atoms with E-state index in [0.29, 0.717) is 25.4 Å².